The van der Waals surface area contributed by atoms with Gasteiger partial charge in [0.15, 0.2) is 5.13 Å². The summed E-state index contributed by atoms with van der Waals surface area (Å²) in [5.41, 5.74) is 6.71. The molecule has 0 bridgehead atoms. The maximum Gasteiger partial charge on any atom is 0.265 e. The lowest BCUT2D eigenvalue weighted by molar-refractivity contribution is 0.0955. The van der Waals surface area contributed by atoms with Gasteiger partial charge in [-0.15, -0.1) is 0 Å². The van der Waals surface area contributed by atoms with Gasteiger partial charge in [0.2, 0.25) is 0 Å². The molecule has 0 saturated heterocycles. The minimum absolute atomic E-state index is 0.216. The summed E-state index contributed by atoms with van der Waals surface area (Å²) in [6.07, 6.45) is 0. The maximum absolute atomic E-state index is 12.0. The molecule has 0 aliphatic rings. The van der Waals surface area contributed by atoms with Crippen molar-refractivity contribution in [3.05, 3.63) is 39.2 Å². The van der Waals surface area contributed by atoms with Gasteiger partial charge in [0.25, 0.3) is 5.91 Å². The smallest absolute Gasteiger partial charge is 0.265 e. The van der Waals surface area contributed by atoms with Crippen molar-refractivity contribution < 1.29 is 4.79 Å². The third-order valence-corrected chi connectivity index (χ3v) is 4.33. The number of hydrogen-bond donors (Lipinski definition) is 3. The minimum Gasteiger partial charge on any atom is -0.382 e. The Labute approximate surface area is 123 Å². The number of halogens is 1. The largest absolute Gasteiger partial charge is 0.382 e. The summed E-state index contributed by atoms with van der Waals surface area (Å²) < 4.78 is 0.962. The van der Waals surface area contributed by atoms with Crippen LogP contribution in [0.1, 0.15) is 15.2 Å². The number of nitrogen functional groups attached to an aromatic ring is 1. The zero-order valence-electron chi connectivity index (χ0n) is 10.2. The summed E-state index contributed by atoms with van der Waals surface area (Å²) in [5.74, 6) is 0.0335. The number of nitrogens with one attached hydrogen (secondary N) is 2. The molecule has 19 heavy (non-hydrogen) atoms. The van der Waals surface area contributed by atoms with Crippen molar-refractivity contribution in [3.63, 3.8) is 0 Å². The van der Waals surface area contributed by atoms with Crippen LogP contribution < -0.4 is 16.4 Å². The van der Waals surface area contributed by atoms with Crippen LogP contribution in [-0.2, 0) is 6.54 Å². The van der Waals surface area contributed by atoms with Crippen LogP contribution >= 0.6 is 27.3 Å². The number of rotatable bonds is 4. The highest BCUT2D eigenvalue weighted by molar-refractivity contribution is 9.10. The van der Waals surface area contributed by atoms with Gasteiger partial charge in [0.05, 0.1) is 0 Å². The maximum atomic E-state index is 12.0. The lowest BCUT2D eigenvalue weighted by Gasteiger charge is -2.05. The van der Waals surface area contributed by atoms with Gasteiger partial charge < -0.3 is 16.4 Å². The van der Waals surface area contributed by atoms with Crippen molar-refractivity contribution in [2.45, 2.75) is 6.54 Å². The van der Waals surface area contributed by atoms with Crippen LogP contribution in [0.3, 0.4) is 0 Å². The average molecular weight is 341 g/mol. The highest BCUT2D eigenvalue weighted by Gasteiger charge is 2.15. The molecule has 7 heteroatoms. The van der Waals surface area contributed by atoms with Crippen molar-refractivity contribution >= 4 is 44.1 Å². The molecule has 0 saturated carbocycles. The lowest BCUT2D eigenvalue weighted by atomic mass is 10.2. The van der Waals surface area contributed by atoms with E-state index in [1.807, 2.05) is 24.3 Å². The van der Waals surface area contributed by atoms with Crippen molar-refractivity contribution in [1.29, 1.82) is 0 Å². The Bertz CT molecular complexity index is 599. The lowest BCUT2D eigenvalue weighted by Crippen LogP contribution is -2.22. The molecule has 2 rings (SSSR count). The predicted octanol–water partition coefficient (Wildman–Crippen LogP) is 2.46. The summed E-state index contributed by atoms with van der Waals surface area (Å²) in [6, 6.07) is 7.73. The van der Waals surface area contributed by atoms with Crippen LogP contribution in [0.5, 0.6) is 0 Å². The molecule has 0 unspecified atom stereocenters. The highest BCUT2D eigenvalue weighted by atomic mass is 79.9. The first-order valence-corrected chi connectivity index (χ1v) is 7.18. The molecule has 100 valence electrons. The topological polar surface area (TPSA) is 80.0 Å². The van der Waals surface area contributed by atoms with Crippen LogP contribution in [0.15, 0.2) is 28.7 Å². The normalized spacial score (nSPS) is 10.2. The van der Waals surface area contributed by atoms with Gasteiger partial charge in [-0.3, -0.25) is 4.79 Å². The molecule has 0 aliphatic heterocycles. The zero-order chi connectivity index (χ0) is 13.8. The fraction of sp³-hybridized carbons (Fsp3) is 0.167. The highest BCUT2D eigenvalue weighted by Crippen LogP contribution is 2.24. The summed E-state index contributed by atoms with van der Waals surface area (Å²) in [7, 11) is 1.74. The van der Waals surface area contributed by atoms with E-state index in [0.717, 1.165) is 10.0 Å². The molecule has 0 spiro atoms. The van der Waals surface area contributed by atoms with Gasteiger partial charge in [0.1, 0.15) is 10.7 Å². The van der Waals surface area contributed by atoms with E-state index < -0.39 is 0 Å². The Morgan fingerprint density at radius 1 is 1.47 bits per heavy atom. The first kappa shape index (κ1) is 13.8. The molecular formula is C12H13BrN4OS. The van der Waals surface area contributed by atoms with E-state index in [-0.39, 0.29) is 11.7 Å². The standard InChI is InChI=1S/C12H13BrN4OS/c1-15-12-17-10(14)9(19-12)11(18)16-6-7-4-2-3-5-8(7)13/h2-5H,6,14H2,1H3,(H,15,17)(H,16,18). The number of carbonyl (C=O) groups excluding carboxylic acids is 1. The molecule has 1 heterocycles. The monoisotopic (exact) mass is 340 g/mol. The number of nitrogens with zero attached hydrogens (tertiary/aromatic N) is 1. The number of benzene rings is 1. The molecule has 1 amide bonds. The number of nitrogens with two attached hydrogens (primary N) is 1. The summed E-state index contributed by atoms with van der Waals surface area (Å²) >= 11 is 4.67. The second kappa shape index (κ2) is 6.03. The van der Waals surface area contributed by atoms with Gasteiger partial charge in [-0.25, -0.2) is 4.98 Å². The molecule has 0 fully saturated rings. The summed E-state index contributed by atoms with van der Waals surface area (Å²) in [5, 5.41) is 6.32. The molecule has 2 aromatic rings. The Balaban J connectivity index is 2.05. The fourth-order valence-corrected chi connectivity index (χ4v) is 2.68. The number of aromatic nitrogens is 1. The first-order valence-electron chi connectivity index (χ1n) is 5.57. The zero-order valence-corrected chi connectivity index (χ0v) is 12.6. The van der Waals surface area contributed by atoms with E-state index in [0.29, 0.717) is 16.6 Å². The van der Waals surface area contributed by atoms with Crippen molar-refractivity contribution in [1.82, 2.24) is 10.3 Å². The van der Waals surface area contributed by atoms with Gasteiger partial charge >= 0.3 is 0 Å². The Kier molecular flexibility index (Phi) is 4.39. The van der Waals surface area contributed by atoms with Gasteiger partial charge in [0, 0.05) is 18.1 Å². The molecule has 1 aromatic carbocycles. The van der Waals surface area contributed by atoms with E-state index in [1.165, 1.54) is 11.3 Å². The number of anilines is 2. The van der Waals surface area contributed by atoms with Gasteiger partial charge in [-0.05, 0) is 11.6 Å². The molecule has 5 nitrogen and oxygen atoms in total. The predicted molar refractivity (Wildman–Crippen MR) is 81.4 cm³/mol. The Hall–Kier alpha value is -1.60. The van der Waals surface area contributed by atoms with Crippen LogP contribution in [0.25, 0.3) is 0 Å². The van der Waals surface area contributed by atoms with E-state index in [9.17, 15) is 4.79 Å². The SMILES string of the molecule is CNc1nc(N)c(C(=O)NCc2ccccc2Br)s1. The first-order chi connectivity index (χ1) is 9.11. The van der Waals surface area contributed by atoms with E-state index in [4.69, 9.17) is 5.73 Å². The fourth-order valence-electron chi connectivity index (χ4n) is 1.50. The van der Waals surface area contributed by atoms with Crippen molar-refractivity contribution in [3.8, 4) is 0 Å². The minimum atomic E-state index is -0.216. The number of amides is 1. The summed E-state index contributed by atoms with van der Waals surface area (Å²) in [6.45, 7) is 0.437. The Morgan fingerprint density at radius 2 is 2.21 bits per heavy atom. The molecular weight excluding hydrogens is 328 g/mol. The number of hydrogen-bond acceptors (Lipinski definition) is 5. The van der Waals surface area contributed by atoms with Crippen LogP contribution in [0.4, 0.5) is 10.9 Å². The van der Waals surface area contributed by atoms with Crippen molar-refractivity contribution in [2.75, 3.05) is 18.1 Å². The molecule has 0 atom stereocenters. The van der Waals surface area contributed by atoms with Gasteiger partial charge in [-0.2, -0.15) is 0 Å². The van der Waals surface area contributed by atoms with Crippen LogP contribution in [-0.4, -0.2) is 17.9 Å². The quantitative estimate of drug-likeness (QED) is 0.798. The third kappa shape index (κ3) is 3.24. The third-order valence-electron chi connectivity index (χ3n) is 2.47. The van der Waals surface area contributed by atoms with E-state index in [1.54, 1.807) is 7.05 Å². The van der Waals surface area contributed by atoms with Crippen LogP contribution in [0, 0.1) is 0 Å². The van der Waals surface area contributed by atoms with E-state index >= 15 is 0 Å². The molecule has 4 N–H and O–H groups in total. The second-order valence-corrected chi connectivity index (χ2v) is 5.61. The average Bonchev–Trinajstić information content (AvgIpc) is 2.79. The van der Waals surface area contributed by atoms with Crippen molar-refractivity contribution in [2.24, 2.45) is 0 Å². The number of thiazole rings is 1. The Morgan fingerprint density at radius 3 is 2.84 bits per heavy atom. The van der Waals surface area contributed by atoms with Crippen LogP contribution in [0.2, 0.25) is 0 Å². The number of carbonyl (C=O) groups is 1. The molecule has 0 radical (unpaired) electrons. The molecule has 0 aliphatic carbocycles. The van der Waals surface area contributed by atoms with Gasteiger partial charge in [-0.1, -0.05) is 45.5 Å². The summed E-state index contributed by atoms with van der Waals surface area (Å²) in [4.78, 5) is 16.5. The molecule has 1 aromatic heterocycles. The van der Waals surface area contributed by atoms with E-state index in [2.05, 4.69) is 31.5 Å². The second-order valence-electron chi connectivity index (χ2n) is 3.76.